The zero-order chi connectivity index (χ0) is 15.3. The summed E-state index contributed by atoms with van der Waals surface area (Å²) in [6, 6.07) is 0.146. The van der Waals surface area contributed by atoms with Gasteiger partial charge >= 0.3 is 0 Å². The molecular formula is C15H20IN5O. The summed E-state index contributed by atoms with van der Waals surface area (Å²) >= 11 is 2.28. The standard InChI is InChI=1S/C15H20IN5O/c1-10-12(17)15(9-22-10)2-5-20(6-3-15)14-19-8-11(16)13-18-4-7-21(13)14/h4,7-8,10,12H,2-3,5-6,9,17H2,1H3/t10-,12-/m1/s1. The van der Waals surface area contributed by atoms with Gasteiger partial charge in [-0.2, -0.15) is 0 Å². The molecule has 4 rings (SSSR count). The zero-order valence-electron chi connectivity index (χ0n) is 12.6. The first-order valence-electron chi connectivity index (χ1n) is 7.70. The minimum atomic E-state index is 0.146. The highest BCUT2D eigenvalue weighted by atomic mass is 127. The molecule has 6 nitrogen and oxygen atoms in total. The van der Waals surface area contributed by atoms with Crippen LogP contribution in [0.15, 0.2) is 18.6 Å². The van der Waals surface area contributed by atoms with Gasteiger partial charge < -0.3 is 15.4 Å². The molecule has 2 fully saturated rings. The van der Waals surface area contributed by atoms with Crippen LogP contribution in [-0.2, 0) is 4.74 Å². The Morgan fingerprint density at radius 1 is 1.36 bits per heavy atom. The first-order valence-corrected chi connectivity index (χ1v) is 8.78. The number of hydrogen-bond donors (Lipinski definition) is 1. The summed E-state index contributed by atoms with van der Waals surface area (Å²) in [7, 11) is 0. The molecule has 2 saturated heterocycles. The van der Waals surface area contributed by atoms with E-state index in [1.54, 1.807) is 0 Å². The number of ether oxygens (including phenoxy) is 1. The largest absolute Gasteiger partial charge is 0.376 e. The van der Waals surface area contributed by atoms with Crippen LogP contribution in [-0.4, -0.2) is 46.2 Å². The normalized spacial score (nSPS) is 27.9. The number of rotatable bonds is 1. The fourth-order valence-corrected chi connectivity index (χ4v) is 4.27. The number of fused-ring (bicyclic) bond motifs is 1. The minimum Gasteiger partial charge on any atom is -0.376 e. The first-order chi connectivity index (χ1) is 10.6. The maximum absolute atomic E-state index is 6.39. The van der Waals surface area contributed by atoms with E-state index >= 15 is 0 Å². The smallest absolute Gasteiger partial charge is 0.211 e. The summed E-state index contributed by atoms with van der Waals surface area (Å²) in [6.07, 6.45) is 8.00. The van der Waals surface area contributed by atoms with Crippen LogP contribution < -0.4 is 10.6 Å². The molecule has 2 aliphatic rings. The summed E-state index contributed by atoms with van der Waals surface area (Å²) in [5, 5.41) is 0. The predicted octanol–water partition coefficient (Wildman–Crippen LogP) is 1.67. The monoisotopic (exact) mass is 413 g/mol. The second-order valence-electron chi connectivity index (χ2n) is 6.42. The summed E-state index contributed by atoms with van der Waals surface area (Å²) < 4.78 is 8.94. The number of aromatic nitrogens is 3. The molecule has 2 N–H and O–H groups in total. The SMILES string of the molecule is C[C@H]1OCC2(CCN(c3ncc(I)c4nccn34)CC2)[C@@H]1N. The van der Waals surface area contributed by atoms with E-state index in [0.29, 0.717) is 0 Å². The Labute approximate surface area is 143 Å². The van der Waals surface area contributed by atoms with Crippen LogP contribution in [0.25, 0.3) is 5.65 Å². The Bertz CT molecular complexity index is 694. The molecule has 2 aliphatic heterocycles. The first kappa shape index (κ1) is 14.6. The van der Waals surface area contributed by atoms with Gasteiger partial charge in [-0.25, -0.2) is 9.97 Å². The van der Waals surface area contributed by atoms with Crippen LogP contribution in [0, 0.1) is 8.99 Å². The minimum absolute atomic E-state index is 0.146. The third-order valence-electron chi connectivity index (χ3n) is 5.25. The fraction of sp³-hybridized carbons (Fsp3) is 0.600. The average Bonchev–Trinajstić information content (AvgIpc) is 3.12. The molecule has 0 aliphatic carbocycles. The topological polar surface area (TPSA) is 68.7 Å². The van der Waals surface area contributed by atoms with Crippen LogP contribution in [0.4, 0.5) is 5.95 Å². The Kier molecular flexibility index (Phi) is 3.54. The highest BCUT2D eigenvalue weighted by molar-refractivity contribution is 14.1. The van der Waals surface area contributed by atoms with Crippen LogP contribution in [0.5, 0.6) is 0 Å². The molecule has 0 bridgehead atoms. The lowest BCUT2D eigenvalue weighted by Crippen LogP contribution is -2.51. The van der Waals surface area contributed by atoms with Crippen molar-refractivity contribution >= 4 is 34.2 Å². The van der Waals surface area contributed by atoms with Gasteiger partial charge in [0.1, 0.15) is 0 Å². The van der Waals surface area contributed by atoms with E-state index in [4.69, 9.17) is 10.5 Å². The van der Waals surface area contributed by atoms with E-state index in [0.717, 1.165) is 47.7 Å². The number of anilines is 1. The van der Waals surface area contributed by atoms with E-state index in [1.807, 2.05) is 18.6 Å². The quantitative estimate of drug-likeness (QED) is 0.721. The Hall–Kier alpha value is -0.930. The molecule has 0 radical (unpaired) electrons. The number of imidazole rings is 1. The van der Waals surface area contributed by atoms with Crippen molar-refractivity contribution in [2.75, 3.05) is 24.6 Å². The summed E-state index contributed by atoms with van der Waals surface area (Å²) in [5.74, 6) is 0.975. The zero-order valence-corrected chi connectivity index (χ0v) is 14.7. The van der Waals surface area contributed by atoms with Gasteiger partial charge in [0.15, 0.2) is 5.65 Å². The van der Waals surface area contributed by atoms with Crippen LogP contribution in [0.1, 0.15) is 19.8 Å². The highest BCUT2D eigenvalue weighted by Crippen LogP contribution is 2.41. The number of nitrogens with two attached hydrogens (primary N) is 1. The molecule has 2 atom stereocenters. The molecule has 1 spiro atoms. The number of halogens is 1. The van der Waals surface area contributed by atoms with Crippen molar-refractivity contribution in [1.82, 2.24) is 14.4 Å². The summed E-state index contributed by atoms with van der Waals surface area (Å²) in [6.45, 7) is 4.81. The van der Waals surface area contributed by atoms with E-state index in [-0.39, 0.29) is 17.6 Å². The fourth-order valence-electron chi connectivity index (χ4n) is 3.73. The summed E-state index contributed by atoms with van der Waals surface area (Å²) in [5.41, 5.74) is 7.51. The highest BCUT2D eigenvalue weighted by Gasteiger charge is 2.47. The van der Waals surface area contributed by atoms with Gasteiger partial charge in [0.2, 0.25) is 5.95 Å². The molecule has 118 valence electrons. The molecule has 2 aromatic heterocycles. The predicted molar refractivity (Wildman–Crippen MR) is 93.0 cm³/mol. The van der Waals surface area contributed by atoms with Crippen molar-refractivity contribution in [2.45, 2.75) is 31.9 Å². The van der Waals surface area contributed by atoms with Crippen LogP contribution in [0.3, 0.4) is 0 Å². The molecule has 0 aromatic carbocycles. The van der Waals surface area contributed by atoms with Gasteiger partial charge in [-0.3, -0.25) is 4.40 Å². The Balaban J connectivity index is 1.59. The van der Waals surface area contributed by atoms with Crippen molar-refractivity contribution in [2.24, 2.45) is 11.1 Å². The number of nitrogens with zero attached hydrogens (tertiary/aromatic N) is 4. The molecule has 22 heavy (non-hydrogen) atoms. The van der Waals surface area contributed by atoms with Crippen molar-refractivity contribution in [1.29, 1.82) is 0 Å². The van der Waals surface area contributed by atoms with Crippen molar-refractivity contribution in [3.05, 3.63) is 22.2 Å². The second kappa shape index (κ2) is 5.31. The molecular weight excluding hydrogens is 393 g/mol. The lowest BCUT2D eigenvalue weighted by atomic mass is 9.73. The third kappa shape index (κ3) is 2.13. The molecule has 0 unspecified atom stereocenters. The average molecular weight is 413 g/mol. The van der Waals surface area contributed by atoms with Gasteiger partial charge in [0, 0.05) is 43.1 Å². The molecule has 0 saturated carbocycles. The third-order valence-corrected chi connectivity index (χ3v) is 6.01. The van der Waals surface area contributed by atoms with Gasteiger partial charge in [-0.05, 0) is 42.4 Å². The van der Waals surface area contributed by atoms with E-state index < -0.39 is 0 Å². The van der Waals surface area contributed by atoms with E-state index in [1.165, 1.54) is 0 Å². The lowest BCUT2D eigenvalue weighted by molar-refractivity contribution is 0.0973. The van der Waals surface area contributed by atoms with Crippen molar-refractivity contribution < 1.29 is 4.74 Å². The van der Waals surface area contributed by atoms with Gasteiger partial charge in [0.05, 0.1) is 16.3 Å². The van der Waals surface area contributed by atoms with Gasteiger partial charge in [0.25, 0.3) is 0 Å². The van der Waals surface area contributed by atoms with Crippen LogP contribution >= 0.6 is 22.6 Å². The van der Waals surface area contributed by atoms with Crippen molar-refractivity contribution in [3.8, 4) is 0 Å². The maximum Gasteiger partial charge on any atom is 0.211 e. The van der Waals surface area contributed by atoms with Gasteiger partial charge in [-0.15, -0.1) is 0 Å². The summed E-state index contributed by atoms with van der Waals surface area (Å²) in [4.78, 5) is 11.4. The van der Waals surface area contributed by atoms with Gasteiger partial charge in [-0.1, -0.05) is 0 Å². The van der Waals surface area contributed by atoms with E-state index in [9.17, 15) is 0 Å². The second-order valence-corrected chi connectivity index (χ2v) is 7.58. The molecule has 7 heteroatoms. The van der Waals surface area contributed by atoms with E-state index in [2.05, 4.69) is 48.8 Å². The number of piperidine rings is 1. The van der Waals surface area contributed by atoms with Crippen LogP contribution in [0.2, 0.25) is 0 Å². The molecule has 2 aromatic rings. The maximum atomic E-state index is 6.39. The molecule has 4 heterocycles. The lowest BCUT2D eigenvalue weighted by Gasteiger charge is -2.41. The Morgan fingerprint density at radius 3 is 2.82 bits per heavy atom. The Morgan fingerprint density at radius 2 is 2.14 bits per heavy atom. The van der Waals surface area contributed by atoms with Crippen molar-refractivity contribution in [3.63, 3.8) is 0 Å². The molecule has 0 amide bonds. The number of hydrogen-bond acceptors (Lipinski definition) is 5.